The third-order valence-electron chi connectivity index (χ3n) is 4.11. The smallest absolute Gasteiger partial charge is 0.240 e. The van der Waals surface area contributed by atoms with Crippen LogP contribution in [0.1, 0.15) is 25.3 Å². The summed E-state index contributed by atoms with van der Waals surface area (Å²) in [6.07, 6.45) is 3.56. The van der Waals surface area contributed by atoms with Crippen LogP contribution in [-0.4, -0.2) is 40.3 Å². The standard InChI is InChI=1S/C21H28N2O4S/c1-3-16-27-20-14-8-7-10-18(20)11-9-15-22-21(24)17-23(28(2,25)26)19-12-5-4-6-13-19/h4-8,10,12-14H,3,9,11,15-17H2,1-2H3,(H,22,24). The summed E-state index contributed by atoms with van der Waals surface area (Å²) in [6.45, 7) is 2.97. The van der Waals surface area contributed by atoms with Crippen LogP contribution in [0.25, 0.3) is 0 Å². The van der Waals surface area contributed by atoms with Crippen LogP contribution in [0.3, 0.4) is 0 Å². The zero-order chi connectivity index (χ0) is 20.4. The van der Waals surface area contributed by atoms with Crippen molar-refractivity contribution < 1.29 is 17.9 Å². The van der Waals surface area contributed by atoms with Crippen LogP contribution in [0.4, 0.5) is 5.69 Å². The number of rotatable bonds is 11. The molecular formula is C21H28N2O4S. The predicted molar refractivity (Wildman–Crippen MR) is 112 cm³/mol. The van der Waals surface area contributed by atoms with Crippen LogP contribution in [0, 0.1) is 0 Å². The number of nitrogens with zero attached hydrogens (tertiary/aromatic N) is 1. The second-order valence-electron chi connectivity index (χ2n) is 6.51. The molecule has 1 amide bonds. The summed E-state index contributed by atoms with van der Waals surface area (Å²) in [4.78, 5) is 12.3. The van der Waals surface area contributed by atoms with E-state index in [1.54, 1.807) is 30.3 Å². The molecule has 2 rings (SSSR count). The molecule has 6 nitrogen and oxygen atoms in total. The number of sulfonamides is 1. The largest absolute Gasteiger partial charge is 0.493 e. The first-order chi connectivity index (χ1) is 13.4. The Kier molecular flexibility index (Phi) is 8.32. The summed E-state index contributed by atoms with van der Waals surface area (Å²) in [6, 6.07) is 16.5. The number of hydrogen-bond acceptors (Lipinski definition) is 4. The van der Waals surface area contributed by atoms with Crippen LogP contribution < -0.4 is 14.4 Å². The van der Waals surface area contributed by atoms with Crippen molar-refractivity contribution in [2.45, 2.75) is 26.2 Å². The Bertz CT molecular complexity index is 854. The number of carbonyl (C=O) groups is 1. The molecule has 0 aliphatic heterocycles. The van der Waals surface area contributed by atoms with Gasteiger partial charge in [-0.1, -0.05) is 43.3 Å². The van der Waals surface area contributed by atoms with Crippen LogP contribution in [-0.2, 0) is 21.2 Å². The van der Waals surface area contributed by atoms with Crippen molar-refractivity contribution in [3.8, 4) is 5.75 Å². The fourth-order valence-electron chi connectivity index (χ4n) is 2.75. The Balaban J connectivity index is 1.85. The zero-order valence-corrected chi connectivity index (χ0v) is 17.2. The second-order valence-corrected chi connectivity index (χ2v) is 8.42. The lowest BCUT2D eigenvalue weighted by Gasteiger charge is -2.21. The molecule has 0 fully saturated rings. The van der Waals surface area contributed by atoms with Crippen molar-refractivity contribution in [3.63, 3.8) is 0 Å². The first kappa shape index (κ1) is 21.8. The number of nitrogens with one attached hydrogen (secondary N) is 1. The third kappa shape index (κ3) is 6.88. The summed E-state index contributed by atoms with van der Waals surface area (Å²) in [5.74, 6) is 0.549. The van der Waals surface area contributed by atoms with Crippen molar-refractivity contribution in [2.75, 3.05) is 30.3 Å². The van der Waals surface area contributed by atoms with E-state index in [0.29, 0.717) is 18.8 Å². The van der Waals surface area contributed by atoms with Gasteiger partial charge in [-0.2, -0.15) is 0 Å². The van der Waals surface area contributed by atoms with Crippen LogP contribution in [0.5, 0.6) is 5.75 Å². The number of hydrogen-bond donors (Lipinski definition) is 1. The van der Waals surface area contributed by atoms with Gasteiger partial charge in [0.25, 0.3) is 0 Å². The summed E-state index contributed by atoms with van der Waals surface area (Å²) in [5.41, 5.74) is 1.58. The lowest BCUT2D eigenvalue weighted by molar-refractivity contribution is -0.119. The highest BCUT2D eigenvalue weighted by molar-refractivity contribution is 7.92. The van der Waals surface area contributed by atoms with Crippen molar-refractivity contribution in [1.29, 1.82) is 0 Å². The van der Waals surface area contributed by atoms with Gasteiger partial charge in [-0.25, -0.2) is 8.42 Å². The van der Waals surface area contributed by atoms with E-state index in [4.69, 9.17) is 4.74 Å². The van der Waals surface area contributed by atoms with Gasteiger partial charge in [0.1, 0.15) is 12.3 Å². The van der Waals surface area contributed by atoms with Crippen molar-refractivity contribution in [1.82, 2.24) is 5.32 Å². The molecule has 0 heterocycles. The van der Waals surface area contributed by atoms with E-state index in [-0.39, 0.29) is 12.5 Å². The first-order valence-corrected chi connectivity index (χ1v) is 11.3. The zero-order valence-electron chi connectivity index (χ0n) is 16.4. The fourth-order valence-corrected chi connectivity index (χ4v) is 3.61. The van der Waals surface area contributed by atoms with E-state index in [0.717, 1.165) is 41.1 Å². The van der Waals surface area contributed by atoms with Crippen molar-refractivity contribution in [3.05, 3.63) is 60.2 Å². The Hall–Kier alpha value is -2.54. The number of aryl methyl sites for hydroxylation is 1. The fraction of sp³-hybridized carbons (Fsp3) is 0.381. The number of carbonyl (C=O) groups excluding carboxylic acids is 1. The molecular weight excluding hydrogens is 376 g/mol. The molecule has 28 heavy (non-hydrogen) atoms. The summed E-state index contributed by atoms with van der Waals surface area (Å²) < 4.78 is 30.9. The molecule has 0 spiro atoms. The van der Waals surface area contributed by atoms with E-state index in [9.17, 15) is 13.2 Å². The molecule has 152 valence electrons. The van der Waals surface area contributed by atoms with Crippen LogP contribution in [0.2, 0.25) is 0 Å². The normalized spacial score (nSPS) is 11.1. The number of para-hydroxylation sites is 2. The molecule has 0 bridgehead atoms. The third-order valence-corrected chi connectivity index (χ3v) is 5.25. The number of anilines is 1. The van der Waals surface area contributed by atoms with Crippen LogP contribution >= 0.6 is 0 Å². The lowest BCUT2D eigenvalue weighted by Crippen LogP contribution is -2.40. The van der Waals surface area contributed by atoms with E-state index in [2.05, 4.69) is 12.2 Å². The Morgan fingerprint density at radius 2 is 1.75 bits per heavy atom. The van der Waals surface area contributed by atoms with Gasteiger partial charge in [-0.3, -0.25) is 9.10 Å². The maximum absolute atomic E-state index is 12.3. The van der Waals surface area contributed by atoms with Crippen molar-refractivity contribution in [2.24, 2.45) is 0 Å². The Labute approximate surface area is 167 Å². The van der Waals surface area contributed by atoms with Gasteiger partial charge in [-0.15, -0.1) is 0 Å². The van der Waals surface area contributed by atoms with E-state index in [1.165, 1.54) is 0 Å². The summed E-state index contributed by atoms with van der Waals surface area (Å²) >= 11 is 0. The quantitative estimate of drug-likeness (QED) is 0.584. The molecule has 0 saturated heterocycles. The average Bonchev–Trinajstić information content (AvgIpc) is 2.68. The van der Waals surface area contributed by atoms with E-state index >= 15 is 0 Å². The minimum atomic E-state index is -3.55. The molecule has 1 N–H and O–H groups in total. The van der Waals surface area contributed by atoms with Gasteiger partial charge >= 0.3 is 0 Å². The topological polar surface area (TPSA) is 75.7 Å². The highest BCUT2D eigenvalue weighted by Crippen LogP contribution is 2.19. The average molecular weight is 405 g/mol. The minimum Gasteiger partial charge on any atom is -0.493 e. The van der Waals surface area contributed by atoms with Crippen molar-refractivity contribution >= 4 is 21.6 Å². The van der Waals surface area contributed by atoms with Gasteiger partial charge in [0, 0.05) is 6.54 Å². The lowest BCUT2D eigenvalue weighted by atomic mass is 10.1. The van der Waals surface area contributed by atoms with Gasteiger partial charge in [0.15, 0.2) is 0 Å². The molecule has 0 unspecified atom stereocenters. The molecule has 0 aliphatic rings. The molecule has 7 heteroatoms. The molecule has 0 aromatic heterocycles. The SMILES string of the molecule is CCCOc1ccccc1CCCNC(=O)CN(c1ccccc1)S(C)(=O)=O. The molecule has 2 aromatic rings. The number of ether oxygens (including phenoxy) is 1. The van der Waals surface area contributed by atoms with Gasteiger partial charge in [0.2, 0.25) is 15.9 Å². The van der Waals surface area contributed by atoms with Gasteiger partial charge in [0.05, 0.1) is 18.6 Å². The molecule has 0 radical (unpaired) electrons. The first-order valence-electron chi connectivity index (χ1n) is 9.42. The molecule has 0 atom stereocenters. The highest BCUT2D eigenvalue weighted by Gasteiger charge is 2.20. The van der Waals surface area contributed by atoms with Gasteiger partial charge in [-0.05, 0) is 43.0 Å². The molecule has 0 aliphatic carbocycles. The molecule has 0 saturated carbocycles. The predicted octanol–water partition coefficient (Wildman–Crippen LogP) is 2.99. The maximum atomic E-state index is 12.3. The summed E-state index contributed by atoms with van der Waals surface area (Å²) in [7, 11) is -3.55. The van der Waals surface area contributed by atoms with E-state index in [1.807, 2.05) is 24.3 Å². The molecule has 2 aromatic carbocycles. The van der Waals surface area contributed by atoms with Crippen LogP contribution in [0.15, 0.2) is 54.6 Å². The van der Waals surface area contributed by atoms with E-state index < -0.39 is 10.0 Å². The summed E-state index contributed by atoms with van der Waals surface area (Å²) in [5, 5.41) is 2.80. The van der Waals surface area contributed by atoms with Gasteiger partial charge < -0.3 is 10.1 Å². The minimum absolute atomic E-state index is 0.237. The number of benzene rings is 2. The highest BCUT2D eigenvalue weighted by atomic mass is 32.2. The maximum Gasteiger partial charge on any atom is 0.240 e. The monoisotopic (exact) mass is 404 g/mol. The second kappa shape index (κ2) is 10.7. The number of amides is 1. The Morgan fingerprint density at radius 1 is 1.07 bits per heavy atom. The Morgan fingerprint density at radius 3 is 2.43 bits per heavy atom.